The molecule has 6 heteroatoms. The van der Waals surface area contributed by atoms with Crippen LogP contribution in [-0.2, 0) is 0 Å². The average molecular weight is 364 g/mol. The van der Waals surface area contributed by atoms with Crippen LogP contribution >= 0.6 is 39.1 Å². The first kappa shape index (κ1) is 14.3. The van der Waals surface area contributed by atoms with Crippen molar-refractivity contribution < 1.29 is 14.3 Å². The zero-order valence-corrected chi connectivity index (χ0v) is 12.4. The fraction of sp³-hybridized carbons (Fsp3) is 0. The van der Waals surface area contributed by atoms with Gasteiger partial charge in [0, 0.05) is 20.6 Å². The highest BCUT2D eigenvalue weighted by Gasteiger charge is 2.18. The topological polar surface area (TPSA) is 37.3 Å². The number of hydrogen-bond acceptors (Lipinski definition) is 1. The van der Waals surface area contributed by atoms with E-state index in [0.717, 1.165) is 0 Å². The monoisotopic (exact) mass is 362 g/mol. The maximum Gasteiger partial charge on any atom is 0.336 e. The second kappa shape index (κ2) is 5.49. The molecule has 1 N–H and O–H groups in total. The number of carboxylic acid groups (broad SMARTS) is 1. The Labute approximate surface area is 126 Å². The van der Waals surface area contributed by atoms with E-state index in [9.17, 15) is 9.18 Å². The third kappa shape index (κ3) is 2.76. The van der Waals surface area contributed by atoms with E-state index in [1.807, 2.05) is 0 Å². The highest BCUT2D eigenvalue weighted by Crippen LogP contribution is 2.35. The molecular weight excluding hydrogens is 358 g/mol. The lowest BCUT2D eigenvalue weighted by Crippen LogP contribution is -2.00. The molecule has 0 aliphatic heterocycles. The lowest BCUT2D eigenvalue weighted by atomic mass is 9.99. The summed E-state index contributed by atoms with van der Waals surface area (Å²) >= 11 is 14.7. The highest BCUT2D eigenvalue weighted by molar-refractivity contribution is 9.10. The molecule has 0 atom stereocenters. The second-order valence-corrected chi connectivity index (χ2v) is 5.39. The van der Waals surface area contributed by atoms with Crippen LogP contribution in [0.15, 0.2) is 34.8 Å². The van der Waals surface area contributed by atoms with E-state index in [0.29, 0.717) is 9.50 Å². The zero-order chi connectivity index (χ0) is 14.2. The molecule has 2 aromatic rings. The normalized spacial score (nSPS) is 10.5. The van der Waals surface area contributed by atoms with Crippen LogP contribution in [0.2, 0.25) is 10.0 Å². The lowest BCUT2D eigenvalue weighted by molar-refractivity contribution is 0.0698. The molecule has 2 aromatic carbocycles. The van der Waals surface area contributed by atoms with Gasteiger partial charge in [-0.05, 0) is 40.2 Å². The molecular formula is C13H6BrCl2FO2. The molecule has 0 aromatic heterocycles. The van der Waals surface area contributed by atoms with Gasteiger partial charge >= 0.3 is 5.97 Å². The average Bonchev–Trinajstić information content (AvgIpc) is 2.35. The SMILES string of the molecule is O=C(O)c1ccc(Cl)cc1-c1ccc(Br)c(Cl)c1F. The predicted molar refractivity (Wildman–Crippen MR) is 76.5 cm³/mol. The van der Waals surface area contributed by atoms with Gasteiger partial charge in [0.25, 0.3) is 0 Å². The molecule has 2 nitrogen and oxygen atoms in total. The first-order valence-electron chi connectivity index (χ1n) is 5.08. The third-order valence-corrected chi connectivity index (χ3v) is 4.03. The Morgan fingerprint density at radius 1 is 1.16 bits per heavy atom. The molecule has 0 radical (unpaired) electrons. The third-order valence-electron chi connectivity index (χ3n) is 2.54. The molecule has 98 valence electrons. The zero-order valence-electron chi connectivity index (χ0n) is 9.25. The molecule has 0 saturated carbocycles. The van der Waals surface area contributed by atoms with Crippen molar-refractivity contribution >= 4 is 45.1 Å². The lowest BCUT2D eigenvalue weighted by Gasteiger charge is -2.10. The van der Waals surface area contributed by atoms with E-state index in [1.54, 1.807) is 6.07 Å². The van der Waals surface area contributed by atoms with Crippen molar-refractivity contribution in [3.8, 4) is 11.1 Å². The summed E-state index contributed by atoms with van der Waals surface area (Å²) in [6.45, 7) is 0. The summed E-state index contributed by atoms with van der Waals surface area (Å²) in [5.41, 5.74) is 0.238. The Morgan fingerprint density at radius 2 is 1.84 bits per heavy atom. The summed E-state index contributed by atoms with van der Waals surface area (Å²) in [5, 5.41) is 9.34. The molecule has 0 saturated heterocycles. The fourth-order valence-electron chi connectivity index (χ4n) is 1.66. The molecule has 0 spiro atoms. The number of halogens is 4. The van der Waals surface area contributed by atoms with Crippen molar-refractivity contribution in [2.75, 3.05) is 0 Å². The van der Waals surface area contributed by atoms with Crippen LogP contribution in [0.1, 0.15) is 10.4 Å². The smallest absolute Gasteiger partial charge is 0.336 e. The van der Waals surface area contributed by atoms with Crippen molar-refractivity contribution in [2.45, 2.75) is 0 Å². The maximum absolute atomic E-state index is 14.1. The standard InChI is InChI=1S/C13H6BrCl2FO2/c14-10-4-3-7(12(17)11(10)16)9-5-6(15)1-2-8(9)13(18)19/h1-5H,(H,18,19). The van der Waals surface area contributed by atoms with Crippen molar-refractivity contribution in [3.63, 3.8) is 0 Å². The van der Waals surface area contributed by atoms with Crippen LogP contribution in [-0.4, -0.2) is 11.1 Å². The van der Waals surface area contributed by atoms with Gasteiger partial charge in [0.2, 0.25) is 0 Å². The summed E-state index contributed by atoms with van der Waals surface area (Å²) < 4.78 is 14.5. The van der Waals surface area contributed by atoms with Crippen molar-refractivity contribution in [3.05, 3.63) is 56.2 Å². The molecule has 0 amide bonds. The quantitative estimate of drug-likeness (QED) is 0.739. The molecule has 0 bridgehead atoms. The van der Waals surface area contributed by atoms with Crippen LogP contribution in [0.3, 0.4) is 0 Å². The van der Waals surface area contributed by atoms with E-state index in [1.165, 1.54) is 24.3 Å². The molecule has 0 aliphatic rings. The first-order chi connectivity index (χ1) is 8.91. The summed E-state index contributed by atoms with van der Waals surface area (Å²) in [4.78, 5) is 11.2. The molecule has 0 unspecified atom stereocenters. The van der Waals surface area contributed by atoms with E-state index < -0.39 is 11.8 Å². The van der Waals surface area contributed by atoms with Crippen LogP contribution < -0.4 is 0 Å². The van der Waals surface area contributed by atoms with Crippen LogP contribution in [0.25, 0.3) is 11.1 Å². The summed E-state index contributed by atoms with van der Waals surface area (Å²) in [5.74, 6) is -1.86. The van der Waals surface area contributed by atoms with E-state index >= 15 is 0 Å². The van der Waals surface area contributed by atoms with Gasteiger partial charge in [0.15, 0.2) is 5.82 Å². The van der Waals surface area contributed by atoms with Gasteiger partial charge in [0.1, 0.15) is 0 Å². The maximum atomic E-state index is 14.1. The molecule has 2 rings (SSSR count). The fourth-order valence-corrected chi connectivity index (χ4v) is 2.30. The van der Waals surface area contributed by atoms with Crippen molar-refractivity contribution in [1.29, 1.82) is 0 Å². The minimum atomic E-state index is -1.16. The molecule has 0 aliphatic carbocycles. The highest BCUT2D eigenvalue weighted by atomic mass is 79.9. The number of carboxylic acids is 1. The molecule has 19 heavy (non-hydrogen) atoms. The van der Waals surface area contributed by atoms with Gasteiger partial charge in [-0.2, -0.15) is 0 Å². The van der Waals surface area contributed by atoms with Gasteiger partial charge in [-0.25, -0.2) is 9.18 Å². The second-order valence-electron chi connectivity index (χ2n) is 3.72. The Kier molecular flexibility index (Phi) is 4.13. The summed E-state index contributed by atoms with van der Waals surface area (Å²) in [6, 6.07) is 7.16. The Bertz CT molecular complexity index is 674. The number of benzene rings is 2. The Balaban J connectivity index is 2.75. The van der Waals surface area contributed by atoms with Gasteiger partial charge in [-0.15, -0.1) is 0 Å². The first-order valence-corrected chi connectivity index (χ1v) is 6.63. The number of hydrogen-bond donors (Lipinski definition) is 1. The van der Waals surface area contributed by atoms with Crippen molar-refractivity contribution in [1.82, 2.24) is 0 Å². The number of carbonyl (C=O) groups is 1. The van der Waals surface area contributed by atoms with Crippen LogP contribution in [0.4, 0.5) is 4.39 Å². The van der Waals surface area contributed by atoms with Gasteiger partial charge in [-0.1, -0.05) is 29.3 Å². The summed E-state index contributed by atoms with van der Waals surface area (Å²) in [7, 11) is 0. The van der Waals surface area contributed by atoms with Crippen molar-refractivity contribution in [2.24, 2.45) is 0 Å². The van der Waals surface area contributed by atoms with Gasteiger partial charge in [0.05, 0.1) is 10.6 Å². The Hall–Kier alpha value is -1.10. The van der Waals surface area contributed by atoms with E-state index in [-0.39, 0.29) is 21.7 Å². The van der Waals surface area contributed by atoms with Gasteiger partial charge < -0.3 is 5.11 Å². The van der Waals surface area contributed by atoms with E-state index in [2.05, 4.69) is 15.9 Å². The van der Waals surface area contributed by atoms with Crippen LogP contribution in [0, 0.1) is 5.82 Å². The number of aromatic carboxylic acids is 1. The minimum absolute atomic E-state index is 0.0401. The number of rotatable bonds is 2. The van der Waals surface area contributed by atoms with Crippen LogP contribution in [0.5, 0.6) is 0 Å². The minimum Gasteiger partial charge on any atom is -0.478 e. The van der Waals surface area contributed by atoms with E-state index in [4.69, 9.17) is 28.3 Å². The largest absolute Gasteiger partial charge is 0.478 e. The molecule has 0 heterocycles. The van der Waals surface area contributed by atoms with Gasteiger partial charge in [-0.3, -0.25) is 0 Å². The molecule has 0 fully saturated rings. The summed E-state index contributed by atoms with van der Waals surface area (Å²) in [6.07, 6.45) is 0. The predicted octanol–water partition coefficient (Wildman–Crippen LogP) is 5.26. The Morgan fingerprint density at radius 3 is 2.47 bits per heavy atom.